The van der Waals surface area contributed by atoms with Crippen LogP contribution in [0.3, 0.4) is 0 Å². The molecule has 1 aliphatic heterocycles. The van der Waals surface area contributed by atoms with Gasteiger partial charge in [-0.2, -0.15) is 9.97 Å². The highest BCUT2D eigenvalue weighted by Crippen LogP contribution is 2.34. The van der Waals surface area contributed by atoms with Crippen LogP contribution in [0.5, 0.6) is 0 Å². The predicted octanol–water partition coefficient (Wildman–Crippen LogP) is 5.65. The van der Waals surface area contributed by atoms with Crippen LogP contribution in [0.2, 0.25) is 0 Å². The fourth-order valence-electron chi connectivity index (χ4n) is 6.57. The molecule has 3 aliphatic rings. The summed E-state index contributed by atoms with van der Waals surface area (Å²) in [4.78, 5) is 14.8. The summed E-state index contributed by atoms with van der Waals surface area (Å²) in [6.45, 7) is 5.92. The molecule has 9 nitrogen and oxygen atoms in total. The minimum atomic E-state index is 0.334. The molecule has 9 heteroatoms. The lowest BCUT2D eigenvalue weighted by Gasteiger charge is -2.32. The maximum Gasteiger partial charge on any atom is 0.227 e. The average molecular weight is 527 g/mol. The van der Waals surface area contributed by atoms with Crippen molar-refractivity contribution in [3.8, 4) is 0 Å². The molecule has 2 aliphatic carbocycles. The standard InChI is InChI=1S/C29H50N8O/c1-2-38-20-8-4-3-5-9-22-16-18-36(19-17-22)35-27-26-28(37(21-31-26)25-10-6-7-11-25)34-29(33-27)32-24-14-12-23(30)13-15-24/h21-25H,2-20,30H2,1H3,(H2,32,33,34,35). The highest BCUT2D eigenvalue weighted by atomic mass is 16.5. The number of aromatic nitrogens is 4. The molecule has 4 N–H and O–H groups in total. The Bertz CT molecular complexity index is 974. The quantitative estimate of drug-likeness (QED) is 0.288. The molecule has 2 aromatic rings. The van der Waals surface area contributed by atoms with Crippen LogP contribution in [-0.4, -0.2) is 62.9 Å². The van der Waals surface area contributed by atoms with Crippen molar-refractivity contribution in [3.63, 3.8) is 0 Å². The molecule has 0 bridgehead atoms. The maximum atomic E-state index is 6.14. The summed E-state index contributed by atoms with van der Waals surface area (Å²) in [5.74, 6) is 2.40. The van der Waals surface area contributed by atoms with Crippen LogP contribution in [0.15, 0.2) is 6.33 Å². The number of imidazole rings is 1. The average Bonchev–Trinajstić information content (AvgIpc) is 3.61. The largest absolute Gasteiger partial charge is 0.382 e. The van der Waals surface area contributed by atoms with Crippen LogP contribution in [0.25, 0.3) is 11.2 Å². The lowest BCUT2D eigenvalue weighted by atomic mass is 9.92. The van der Waals surface area contributed by atoms with Crippen LogP contribution >= 0.6 is 0 Å². The lowest BCUT2D eigenvalue weighted by molar-refractivity contribution is 0.142. The first-order valence-electron chi connectivity index (χ1n) is 15.6. The van der Waals surface area contributed by atoms with Crippen molar-refractivity contribution in [1.29, 1.82) is 0 Å². The molecule has 2 aromatic heterocycles. The van der Waals surface area contributed by atoms with Gasteiger partial charge >= 0.3 is 0 Å². The second-order valence-corrected chi connectivity index (χ2v) is 11.9. The van der Waals surface area contributed by atoms with Crippen molar-refractivity contribution >= 4 is 22.9 Å². The molecule has 3 heterocycles. The van der Waals surface area contributed by atoms with Crippen molar-refractivity contribution in [2.75, 3.05) is 37.0 Å². The van der Waals surface area contributed by atoms with E-state index in [1.807, 2.05) is 6.33 Å². The van der Waals surface area contributed by atoms with E-state index < -0.39 is 0 Å². The van der Waals surface area contributed by atoms with E-state index in [4.69, 9.17) is 25.4 Å². The number of piperidine rings is 1. The number of hydrogen-bond acceptors (Lipinski definition) is 8. The summed E-state index contributed by atoms with van der Waals surface area (Å²) in [6, 6.07) is 1.22. The predicted molar refractivity (Wildman–Crippen MR) is 154 cm³/mol. The number of hydrazine groups is 1. The van der Waals surface area contributed by atoms with Crippen molar-refractivity contribution in [2.45, 2.75) is 121 Å². The molecular formula is C29H50N8O. The number of nitrogens with one attached hydrogen (secondary N) is 2. The summed E-state index contributed by atoms with van der Waals surface area (Å²) in [5.41, 5.74) is 11.7. The third-order valence-electron chi connectivity index (χ3n) is 8.98. The van der Waals surface area contributed by atoms with Gasteiger partial charge in [0.2, 0.25) is 5.95 Å². The van der Waals surface area contributed by atoms with Gasteiger partial charge in [-0.15, -0.1) is 0 Å². The van der Waals surface area contributed by atoms with E-state index in [9.17, 15) is 0 Å². The van der Waals surface area contributed by atoms with Gasteiger partial charge < -0.3 is 25.8 Å². The fraction of sp³-hybridized carbons (Fsp3) is 0.828. The highest BCUT2D eigenvalue weighted by molar-refractivity contribution is 5.84. The van der Waals surface area contributed by atoms with Crippen molar-refractivity contribution < 1.29 is 4.74 Å². The van der Waals surface area contributed by atoms with Crippen LogP contribution in [0, 0.1) is 5.92 Å². The molecule has 1 saturated heterocycles. The second-order valence-electron chi connectivity index (χ2n) is 11.9. The Balaban J connectivity index is 1.19. The van der Waals surface area contributed by atoms with Crippen molar-refractivity contribution in [1.82, 2.24) is 24.5 Å². The van der Waals surface area contributed by atoms with Crippen LogP contribution in [0.4, 0.5) is 11.8 Å². The Morgan fingerprint density at radius 3 is 2.47 bits per heavy atom. The monoisotopic (exact) mass is 526 g/mol. The number of unbranched alkanes of at least 4 members (excludes halogenated alkanes) is 3. The smallest absolute Gasteiger partial charge is 0.227 e. The minimum Gasteiger partial charge on any atom is -0.382 e. The van der Waals surface area contributed by atoms with E-state index in [2.05, 4.69) is 27.2 Å². The number of nitrogens with zero attached hydrogens (tertiary/aromatic N) is 5. The number of fused-ring (bicyclic) bond motifs is 1. The fourth-order valence-corrected chi connectivity index (χ4v) is 6.57. The zero-order valence-corrected chi connectivity index (χ0v) is 23.5. The maximum absolute atomic E-state index is 6.14. The Labute approximate surface area is 228 Å². The first kappa shape index (κ1) is 27.6. The van der Waals surface area contributed by atoms with Gasteiger partial charge in [0.15, 0.2) is 17.0 Å². The Morgan fingerprint density at radius 2 is 1.71 bits per heavy atom. The Morgan fingerprint density at radius 1 is 0.947 bits per heavy atom. The zero-order valence-electron chi connectivity index (χ0n) is 23.5. The summed E-state index contributed by atoms with van der Waals surface area (Å²) in [5, 5.41) is 5.99. The highest BCUT2D eigenvalue weighted by Gasteiger charge is 2.25. The number of hydrogen-bond donors (Lipinski definition) is 3. The molecule has 0 amide bonds. The van der Waals surface area contributed by atoms with Crippen LogP contribution in [0.1, 0.15) is 109 Å². The van der Waals surface area contributed by atoms with Crippen LogP contribution in [-0.2, 0) is 4.74 Å². The summed E-state index contributed by atoms with van der Waals surface area (Å²) < 4.78 is 7.76. The normalized spacial score (nSPS) is 23.8. The lowest BCUT2D eigenvalue weighted by Crippen LogP contribution is -2.38. The van der Waals surface area contributed by atoms with E-state index in [1.54, 1.807) is 0 Å². The molecule has 0 atom stereocenters. The molecule has 0 radical (unpaired) electrons. The molecule has 3 fully saturated rings. The SMILES string of the molecule is CCOCCCCCCC1CCN(Nc2nc(NC3CCC(N)CC3)nc3c2ncn3C2CCCC2)CC1. The summed E-state index contributed by atoms with van der Waals surface area (Å²) in [6.07, 6.45) is 20.3. The first-order valence-corrected chi connectivity index (χ1v) is 15.6. The van der Waals surface area contributed by atoms with Gasteiger partial charge in [-0.1, -0.05) is 38.5 Å². The van der Waals surface area contributed by atoms with E-state index in [-0.39, 0.29) is 0 Å². The molecule has 5 rings (SSSR count). The number of nitrogens with two attached hydrogens (primary N) is 1. The third kappa shape index (κ3) is 7.36. The Kier molecular flexibility index (Phi) is 10.1. The van der Waals surface area contributed by atoms with Crippen molar-refractivity contribution in [3.05, 3.63) is 6.33 Å². The second kappa shape index (κ2) is 13.9. The number of rotatable bonds is 13. The third-order valence-corrected chi connectivity index (χ3v) is 8.98. The molecule has 38 heavy (non-hydrogen) atoms. The van der Waals surface area contributed by atoms with Gasteiger partial charge in [0, 0.05) is 44.4 Å². The van der Waals surface area contributed by atoms with E-state index >= 15 is 0 Å². The summed E-state index contributed by atoms with van der Waals surface area (Å²) in [7, 11) is 0. The number of ether oxygens (including phenoxy) is 1. The molecule has 0 spiro atoms. The van der Waals surface area contributed by atoms with E-state index in [0.717, 1.165) is 80.8 Å². The van der Waals surface area contributed by atoms with Gasteiger partial charge in [-0.25, -0.2) is 9.99 Å². The van der Waals surface area contributed by atoms with E-state index in [0.29, 0.717) is 18.1 Å². The van der Waals surface area contributed by atoms with Gasteiger partial charge in [0.1, 0.15) is 0 Å². The van der Waals surface area contributed by atoms with Crippen molar-refractivity contribution in [2.24, 2.45) is 11.7 Å². The van der Waals surface area contributed by atoms with Gasteiger partial charge in [0.05, 0.1) is 6.33 Å². The number of anilines is 2. The van der Waals surface area contributed by atoms with Gasteiger partial charge in [-0.3, -0.25) is 0 Å². The molecule has 2 saturated carbocycles. The molecule has 0 aromatic carbocycles. The minimum absolute atomic E-state index is 0.334. The van der Waals surface area contributed by atoms with E-state index in [1.165, 1.54) is 70.6 Å². The summed E-state index contributed by atoms with van der Waals surface area (Å²) >= 11 is 0. The molecule has 212 valence electrons. The van der Waals surface area contributed by atoms with Crippen LogP contribution < -0.4 is 16.5 Å². The van der Waals surface area contributed by atoms with Gasteiger partial charge in [0.25, 0.3) is 0 Å². The zero-order chi connectivity index (χ0) is 26.2. The topological polar surface area (TPSA) is 106 Å². The molecular weight excluding hydrogens is 476 g/mol. The Hall–Kier alpha value is -1.97. The first-order chi connectivity index (χ1) is 18.7. The molecule has 0 unspecified atom stereocenters. The van der Waals surface area contributed by atoms with Gasteiger partial charge in [-0.05, 0) is 70.6 Å².